The van der Waals surface area contributed by atoms with Crippen LogP contribution in [0.15, 0.2) is 48.9 Å². The molecule has 26 heavy (non-hydrogen) atoms. The molecule has 4 rings (SSSR count). The number of anilines is 1. The molecule has 6 nitrogen and oxygen atoms in total. The number of amides is 1. The van der Waals surface area contributed by atoms with Gasteiger partial charge in [-0.25, -0.2) is 4.98 Å². The largest absolute Gasteiger partial charge is 0.353 e. The third kappa shape index (κ3) is 3.60. The van der Waals surface area contributed by atoms with Crippen molar-refractivity contribution in [2.75, 3.05) is 18.0 Å². The third-order valence-corrected chi connectivity index (χ3v) is 4.75. The number of aromatic nitrogens is 3. The van der Waals surface area contributed by atoms with Gasteiger partial charge < -0.3 is 10.2 Å². The number of fused-ring (bicyclic) bond motifs is 1. The topological polar surface area (TPSA) is 71.0 Å². The van der Waals surface area contributed by atoms with E-state index < -0.39 is 0 Å². The Kier molecular flexibility index (Phi) is 4.67. The Morgan fingerprint density at radius 1 is 1.19 bits per heavy atom. The zero-order chi connectivity index (χ0) is 17.9. The Morgan fingerprint density at radius 3 is 2.88 bits per heavy atom. The first-order chi connectivity index (χ1) is 12.7. The molecule has 0 radical (unpaired) electrons. The highest BCUT2D eigenvalue weighted by Gasteiger charge is 2.23. The Labute approximate surface area is 156 Å². The zero-order valence-electron chi connectivity index (χ0n) is 14.1. The van der Waals surface area contributed by atoms with Gasteiger partial charge in [0.05, 0.1) is 17.2 Å². The first-order valence-electron chi connectivity index (χ1n) is 8.57. The van der Waals surface area contributed by atoms with Gasteiger partial charge in [0.25, 0.3) is 5.91 Å². The van der Waals surface area contributed by atoms with Gasteiger partial charge in [-0.1, -0.05) is 11.6 Å². The van der Waals surface area contributed by atoms with E-state index in [1.165, 1.54) is 0 Å². The molecule has 7 heteroatoms. The van der Waals surface area contributed by atoms with Crippen molar-refractivity contribution in [2.45, 2.75) is 18.9 Å². The van der Waals surface area contributed by atoms with E-state index >= 15 is 0 Å². The van der Waals surface area contributed by atoms with Crippen LogP contribution in [0.3, 0.4) is 0 Å². The van der Waals surface area contributed by atoms with Gasteiger partial charge in [-0.05, 0) is 43.2 Å². The number of piperidine rings is 1. The second-order valence-corrected chi connectivity index (χ2v) is 6.79. The molecule has 0 saturated carbocycles. The highest BCUT2D eigenvalue weighted by molar-refractivity contribution is 6.31. The van der Waals surface area contributed by atoms with Crippen molar-refractivity contribution < 1.29 is 4.79 Å². The first-order valence-corrected chi connectivity index (χ1v) is 8.95. The van der Waals surface area contributed by atoms with E-state index in [1.54, 1.807) is 30.7 Å². The van der Waals surface area contributed by atoms with Gasteiger partial charge in [-0.2, -0.15) is 0 Å². The smallest absolute Gasteiger partial charge is 0.251 e. The number of carbonyl (C=O) groups is 1. The summed E-state index contributed by atoms with van der Waals surface area (Å²) in [5.74, 6) is 0.751. The number of rotatable bonds is 3. The van der Waals surface area contributed by atoms with E-state index in [0.29, 0.717) is 17.1 Å². The van der Waals surface area contributed by atoms with E-state index in [2.05, 4.69) is 20.2 Å². The third-order valence-electron chi connectivity index (χ3n) is 4.51. The minimum atomic E-state index is -0.0708. The lowest BCUT2D eigenvalue weighted by atomic mass is 10.1. The second-order valence-electron chi connectivity index (χ2n) is 6.36. The molecule has 0 bridgehead atoms. The molecular weight excluding hydrogens is 350 g/mol. The van der Waals surface area contributed by atoms with E-state index in [9.17, 15) is 4.79 Å². The monoisotopic (exact) mass is 367 g/mol. The van der Waals surface area contributed by atoms with Crippen LogP contribution < -0.4 is 10.2 Å². The number of benzene rings is 1. The summed E-state index contributed by atoms with van der Waals surface area (Å²) in [6, 6.07) is 9.01. The molecule has 1 saturated heterocycles. The lowest BCUT2D eigenvalue weighted by molar-refractivity contribution is 0.0933. The zero-order valence-corrected chi connectivity index (χ0v) is 14.9. The lowest BCUT2D eigenvalue weighted by Crippen LogP contribution is -2.48. The molecule has 1 N–H and O–H groups in total. The Balaban J connectivity index is 1.48. The van der Waals surface area contributed by atoms with Crippen molar-refractivity contribution >= 4 is 34.4 Å². The van der Waals surface area contributed by atoms with E-state index in [4.69, 9.17) is 16.6 Å². The van der Waals surface area contributed by atoms with E-state index in [1.807, 2.05) is 18.2 Å². The van der Waals surface area contributed by atoms with Gasteiger partial charge in [-0.15, -0.1) is 0 Å². The van der Waals surface area contributed by atoms with Crippen LogP contribution in [0.1, 0.15) is 23.2 Å². The summed E-state index contributed by atoms with van der Waals surface area (Å²) < 4.78 is 0. The summed E-state index contributed by atoms with van der Waals surface area (Å²) in [6.45, 7) is 1.61. The van der Waals surface area contributed by atoms with Crippen molar-refractivity contribution in [3.8, 4) is 0 Å². The van der Waals surface area contributed by atoms with Crippen LogP contribution >= 0.6 is 11.6 Å². The second kappa shape index (κ2) is 7.25. The molecule has 1 aromatic carbocycles. The van der Waals surface area contributed by atoms with Crippen molar-refractivity contribution in [1.29, 1.82) is 0 Å². The van der Waals surface area contributed by atoms with Crippen LogP contribution in [0.25, 0.3) is 11.0 Å². The van der Waals surface area contributed by atoms with Gasteiger partial charge in [0, 0.05) is 42.1 Å². The molecule has 0 aliphatic carbocycles. The fourth-order valence-corrected chi connectivity index (χ4v) is 3.37. The number of hydrogen-bond acceptors (Lipinski definition) is 5. The first kappa shape index (κ1) is 16.7. The number of halogens is 1. The average molecular weight is 368 g/mol. The molecule has 2 aromatic heterocycles. The van der Waals surface area contributed by atoms with E-state index in [-0.39, 0.29) is 11.9 Å². The minimum Gasteiger partial charge on any atom is -0.353 e. The molecule has 1 amide bonds. The molecule has 132 valence electrons. The maximum absolute atomic E-state index is 12.4. The number of nitrogens with one attached hydrogen (secondary N) is 1. The van der Waals surface area contributed by atoms with Gasteiger partial charge >= 0.3 is 0 Å². The Morgan fingerprint density at radius 2 is 2.04 bits per heavy atom. The molecule has 1 fully saturated rings. The predicted molar refractivity (Wildman–Crippen MR) is 101 cm³/mol. The Bertz CT molecular complexity index is 934. The quantitative estimate of drug-likeness (QED) is 0.770. The van der Waals surface area contributed by atoms with Crippen LogP contribution in [0, 0.1) is 0 Å². The van der Waals surface area contributed by atoms with Crippen molar-refractivity contribution in [3.63, 3.8) is 0 Å². The number of hydrogen-bond donors (Lipinski definition) is 1. The molecule has 3 heterocycles. The maximum Gasteiger partial charge on any atom is 0.251 e. The summed E-state index contributed by atoms with van der Waals surface area (Å²) in [5, 5.41) is 3.75. The minimum absolute atomic E-state index is 0.0708. The maximum atomic E-state index is 12.4. The molecule has 1 unspecified atom stereocenters. The summed E-state index contributed by atoms with van der Waals surface area (Å²) >= 11 is 6.00. The number of pyridine rings is 1. The average Bonchev–Trinajstić information content (AvgIpc) is 2.68. The normalized spacial score (nSPS) is 17.3. The van der Waals surface area contributed by atoms with Gasteiger partial charge in [-0.3, -0.25) is 14.8 Å². The highest BCUT2D eigenvalue weighted by Crippen LogP contribution is 2.22. The molecular formula is C19H18ClN5O. The van der Waals surface area contributed by atoms with Crippen LogP contribution in [0.5, 0.6) is 0 Å². The lowest BCUT2D eigenvalue weighted by Gasteiger charge is -2.33. The number of carbonyl (C=O) groups excluding carboxylic acids is 1. The predicted octanol–water partition coefficient (Wildman–Crippen LogP) is 3.08. The molecule has 1 aliphatic heterocycles. The molecule has 1 atom stereocenters. The summed E-state index contributed by atoms with van der Waals surface area (Å²) in [4.78, 5) is 27.6. The summed E-state index contributed by atoms with van der Waals surface area (Å²) in [6.07, 6.45) is 6.95. The van der Waals surface area contributed by atoms with Gasteiger partial charge in [0.15, 0.2) is 0 Å². The standard InChI is InChI=1S/C19H18ClN5O/c20-14-3-4-16-17(10-14)22-11-18(24-16)25-9-1-2-15(12-25)23-19(26)13-5-7-21-8-6-13/h3-8,10-11,15H,1-2,9,12H2,(H,23,26). The Hall–Kier alpha value is -2.73. The van der Waals surface area contributed by atoms with Crippen LogP contribution in [0.4, 0.5) is 5.82 Å². The van der Waals surface area contributed by atoms with Crippen molar-refractivity contribution in [3.05, 3.63) is 59.5 Å². The fourth-order valence-electron chi connectivity index (χ4n) is 3.20. The van der Waals surface area contributed by atoms with Gasteiger partial charge in [0.2, 0.25) is 0 Å². The molecule has 1 aliphatic rings. The van der Waals surface area contributed by atoms with Gasteiger partial charge in [0.1, 0.15) is 5.82 Å². The van der Waals surface area contributed by atoms with Crippen LogP contribution in [0.2, 0.25) is 5.02 Å². The van der Waals surface area contributed by atoms with Crippen LogP contribution in [-0.2, 0) is 0 Å². The van der Waals surface area contributed by atoms with Crippen molar-refractivity contribution in [2.24, 2.45) is 0 Å². The SMILES string of the molecule is O=C(NC1CCCN(c2cnc3cc(Cl)ccc3n2)C1)c1ccncc1. The molecule has 0 spiro atoms. The fraction of sp³-hybridized carbons (Fsp3) is 0.263. The summed E-state index contributed by atoms with van der Waals surface area (Å²) in [7, 11) is 0. The highest BCUT2D eigenvalue weighted by atomic mass is 35.5. The summed E-state index contributed by atoms with van der Waals surface area (Å²) in [5.41, 5.74) is 2.22. The van der Waals surface area contributed by atoms with Crippen molar-refractivity contribution in [1.82, 2.24) is 20.3 Å². The van der Waals surface area contributed by atoms with E-state index in [0.717, 1.165) is 36.2 Å². The molecule has 3 aromatic rings. The number of nitrogens with zero attached hydrogens (tertiary/aromatic N) is 4. The van der Waals surface area contributed by atoms with Crippen LogP contribution in [-0.4, -0.2) is 40.0 Å².